The maximum atomic E-state index is 13.9. The van der Waals surface area contributed by atoms with Gasteiger partial charge >= 0.3 is 5.97 Å². The van der Waals surface area contributed by atoms with Gasteiger partial charge in [-0.3, -0.25) is 14.5 Å². The average Bonchev–Trinajstić information content (AvgIpc) is 2.92. The van der Waals surface area contributed by atoms with Crippen LogP contribution in [-0.2, 0) is 21.4 Å². The van der Waals surface area contributed by atoms with Crippen LogP contribution in [0.4, 0.5) is 11.4 Å². The summed E-state index contributed by atoms with van der Waals surface area (Å²) in [4.78, 5) is 15.4. The van der Waals surface area contributed by atoms with E-state index in [-0.39, 0.29) is 34.9 Å². The highest BCUT2D eigenvalue weighted by molar-refractivity contribution is 7.93. The molecule has 4 rings (SSSR count). The molecule has 0 atom stereocenters. The number of aliphatic carboxylic acids is 1. The molecule has 0 amide bonds. The van der Waals surface area contributed by atoms with E-state index in [2.05, 4.69) is 0 Å². The highest BCUT2D eigenvalue weighted by Crippen LogP contribution is 2.32. The Bertz CT molecular complexity index is 1410. The van der Waals surface area contributed by atoms with Crippen molar-refractivity contribution < 1.29 is 18.3 Å². The zero-order chi connectivity index (χ0) is 28.0. The minimum absolute atomic E-state index is 0.00683. The Morgan fingerprint density at radius 3 is 2.28 bits per heavy atom. The average molecular weight is 570 g/mol. The van der Waals surface area contributed by atoms with Gasteiger partial charge in [0.15, 0.2) is 5.96 Å². The lowest BCUT2D eigenvalue weighted by molar-refractivity contribution is -0.135. The molecule has 0 saturated carbocycles. The van der Waals surface area contributed by atoms with Crippen LogP contribution >= 0.6 is 11.6 Å². The summed E-state index contributed by atoms with van der Waals surface area (Å²) in [7, 11) is -4.06. The molecule has 39 heavy (non-hydrogen) atoms. The number of nitrogens with one attached hydrogen (secondary N) is 1. The normalized spacial score (nSPS) is 14.1. The zero-order valence-corrected chi connectivity index (χ0v) is 23.0. The second-order valence-electron chi connectivity index (χ2n) is 9.54. The van der Waals surface area contributed by atoms with Crippen LogP contribution < -0.4 is 14.9 Å². The number of nitrogens with zero attached hydrogens (tertiary/aromatic N) is 3. The van der Waals surface area contributed by atoms with Gasteiger partial charge in [0.25, 0.3) is 10.0 Å². The fourth-order valence-corrected chi connectivity index (χ4v) is 6.72. The Balaban J connectivity index is 1.68. The summed E-state index contributed by atoms with van der Waals surface area (Å²) in [6, 6.07) is 22.5. The lowest BCUT2D eigenvalue weighted by Crippen LogP contribution is -2.45. The van der Waals surface area contributed by atoms with Crippen LogP contribution in [0.25, 0.3) is 0 Å². The molecule has 0 bridgehead atoms. The van der Waals surface area contributed by atoms with E-state index in [4.69, 9.17) is 22.7 Å². The zero-order valence-electron chi connectivity index (χ0n) is 21.4. The first-order chi connectivity index (χ1) is 18.6. The maximum absolute atomic E-state index is 13.9. The monoisotopic (exact) mass is 569 g/mol. The number of piperidine rings is 1. The van der Waals surface area contributed by atoms with Crippen LogP contribution in [-0.4, -0.2) is 56.5 Å². The molecule has 1 fully saturated rings. The molecule has 3 aromatic carbocycles. The summed E-state index contributed by atoms with van der Waals surface area (Å²) in [6.45, 7) is 1.60. The number of rotatable bonds is 10. The van der Waals surface area contributed by atoms with Crippen LogP contribution in [0.2, 0.25) is 5.02 Å². The highest BCUT2D eigenvalue weighted by atomic mass is 35.5. The van der Waals surface area contributed by atoms with E-state index in [0.717, 1.165) is 18.4 Å². The number of anilines is 2. The van der Waals surface area contributed by atoms with Gasteiger partial charge in [0.2, 0.25) is 0 Å². The standard InChI is InChI=1S/C28H32ClN5O4S/c29-25-11-4-5-12-26(25)39(37,38)34(19-21-7-2-1-3-8-21)24-10-6-9-23(17-24)33(20-27(35)36)18-22-13-15-32(16-14-22)28(30)31/h1-12,17,22H,13-16,18-20H2,(H3,30,31)(H,35,36). The molecule has 206 valence electrons. The molecule has 0 aliphatic carbocycles. The number of likely N-dealkylation sites (tertiary alicyclic amines) is 1. The van der Waals surface area contributed by atoms with Gasteiger partial charge in [-0.1, -0.05) is 60.1 Å². The summed E-state index contributed by atoms with van der Waals surface area (Å²) < 4.78 is 29.1. The fraction of sp³-hybridized carbons (Fsp3) is 0.286. The SMILES string of the molecule is N=C(N)N1CCC(CN(CC(=O)O)c2cccc(N(Cc3ccccc3)S(=O)(=O)c3ccccc3Cl)c2)CC1. The third-order valence-electron chi connectivity index (χ3n) is 6.82. The Morgan fingerprint density at radius 1 is 1.00 bits per heavy atom. The van der Waals surface area contributed by atoms with Crippen molar-refractivity contribution in [1.29, 1.82) is 5.41 Å². The molecule has 0 aromatic heterocycles. The van der Waals surface area contributed by atoms with E-state index in [1.54, 1.807) is 46.2 Å². The molecular formula is C28H32ClN5O4S. The third-order valence-corrected chi connectivity index (χ3v) is 9.09. The summed E-state index contributed by atoms with van der Waals surface area (Å²) in [5, 5.41) is 17.4. The minimum atomic E-state index is -4.06. The molecule has 9 nitrogen and oxygen atoms in total. The number of hydrogen-bond acceptors (Lipinski definition) is 5. The number of carboxylic acids is 1. The minimum Gasteiger partial charge on any atom is -0.480 e. The van der Waals surface area contributed by atoms with Gasteiger partial charge in [0.05, 0.1) is 17.3 Å². The lowest BCUT2D eigenvalue weighted by atomic mass is 9.96. The van der Waals surface area contributed by atoms with Crippen LogP contribution in [0.3, 0.4) is 0 Å². The van der Waals surface area contributed by atoms with Gasteiger partial charge < -0.3 is 20.6 Å². The fourth-order valence-electron chi connectivity index (χ4n) is 4.77. The number of carboxylic acid groups (broad SMARTS) is 1. The molecule has 1 aliphatic heterocycles. The number of hydrogen-bond donors (Lipinski definition) is 3. The van der Waals surface area contributed by atoms with E-state index >= 15 is 0 Å². The Labute approximate surface area is 234 Å². The first-order valence-electron chi connectivity index (χ1n) is 12.6. The number of nitrogens with two attached hydrogens (primary N) is 1. The van der Waals surface area contributed by atoms with E-state index in [1.165, 1.54) is 16.4 Å². The van der Waals surface area contributed by atoms with Crippen LogP contribution in [0.1, 0.15) is 18.4 Å². The van der Waals surface area contributed by atoms with Gasteiger partial charge in [-0.15, -0.1) is 0 Å². The second kappa shape index (κ2) is 12.4. The van der Waals surface area contributed by atoms with E-state index in [0.29, 0.717) is 31.0 Å². The summed E-state index contributed by atoms with van der Waals surface area (Å²) >= 11 is 6.32. The Kier molecular flexibility index (Phi) is 8.98. The molecule has 3 aromatic rings. The molecule has 1 saturated heterocycles. The molecule has 0 radical (unpaired) electrons. The van der Waals surface area contributed by atoms with Crippen LogP contribution in [0.5, 0.6) is 0 Å². The Hall–Kier alpha value is -3.76. The van der Waals surface area contributed by atoms with Crippen molar-refractivity contribution in [2.45, 2.75) is 24.3 Å². The number of sulfonamides is 1. The summed E-state index contributed by atoms with van der Waals surface area (Å²) in [5.41, 5.74) is 7.42. The summed E-state index contributed by atoms with van der Waals surface area (Å²) in [5.74, 6) is -0.732. The van der Waals surface area contributed by atoms with Gasteiger partial charge in [0.1, 0.15) is 11.4 Å². The van der Waals surface area contributed by atoms with Crippen molar-refractivity contribution in [2.24, 2.45) is 11.7 Å². The van der Waals surface area contributed by atoms with Gasteiger partial charge in [-0.25, -0.2) is 8.42 Å². The quantitative estimate of drug-likeness (QED) is 0.246. The van der Waals surface area contributed by atoms with Gasteiger partial charge in [0, 0.05) is 25.3 Å². The van der Waals surface area contributed by atoms with Crippen molar-refractivity contribution in [1.82, 2.24) is 4.90 Å². The van der Waals surface area contributed by atoms with Crippen molar-refractivity contribution in [3.8, 4) is 0 Å². The first kappa shape index (κ1) is 28.3. The van der Waals surface area contributed by atoms with Crippen molar-refractivity contribution in [2.75, 3.05) is 35.4 Å². The predicted octanol–water partition coefficient (Wildman–Crippen LogP) is 4.23. The molecule has 11 heteroatoms. The van der Waals surface area contributed by atoms with E-state index in [1.807, 2.05) is 30.3 Å². The smallest absolute Gasteiger partial charge is 0.323 e. The highest BCUT2D eigenvalue weighted by Gasteiger charge is 2.29. The van der Waals surface area contributed by atoms with Gasteiger partial charge in [-0.05, 0) is 54.7 Å². The predicted molar refractivity (Wildman–Crippen MR) is 154 cm³/mol. The molecule has 0 spiro atoms. The molecule has 1 heterocycles. The molecule has 4 N–H and O–H groups in total. The lowest BCUT2D eigenvalue weighted by Gasteiger charge is -2.35. The number of halogens is 1. The van der Waals surface area contributed by atoms with Crippen molar-refractivity contribution in [3.63, 3.8) is 0 Å². The van der Waals surface area contributed by atoms with Crippen LogP contribution in [0, 0.1) is 11.3 Å². The van der Waals surface area contributed by atoms with E-state index < -0.39 is 16.0 Å². The third kappa shape index (κ3) is 7.01. The topological polar surface area (TPSA) is 131 Å². The Morgan fingerprint density at radius 2 is 1.64 bits per heavy atom. The maximum Gasteiger partial charge on any atom is 0.323 e. The number of guanidine groups is 1. The van der Waals surface area contributed by atoms with Crippen LogP contribution in [0.15, 0.2) is 83.8 Å². The van der Waals surface area contributed by atoms with Gasteiger partial charge in [-0.2, -0.15) is 0 Å². The van der Waals surface area contributed by atoms with Crippen molar-refractivity contribution >= 4 is 44.9 Å². The molecule has 0 unspecified atom stereocenters. The molecule has 1 aliphatic rings. The number of carbonyl (C=O) groups is 1. The largest absolute Gasteiger partial charge is 0.480 e. The number of benzene rings is 3. The van der Waals surface area contributed by atoms with Crippen molar-refractivity contribution in [3.05, 3.63) is 89.4 Å². The van der Waals surface area contributed by atoms with E-state index in [9.17, 15) is 18.3 Å². The molecular weight excluding hydrogens is 538 g/mol. The summed E-state index contributed by atoms with van der Waals surface area (Å²) in [6.07, 6.45) is 1.55. The first-order valence-corrected chi connectivity index (χ1v) is 14.4. The second-order valence-corrected chi connectivity index (χ2v) is 11.8.